The highest BCUT2D eigenvalue weighted by Gasteiger charge is 2.02. The summed E-state index contributed by atoms with van der Waals surface area (Å²) in [6.45, 7) is 2.01. The molecule has 0 fully saturated rings. The van der Waals surface area contributed by atoms with Gasteiger partial charge in [0.15, 0.2) is 0 Å². The van der Waals surface area contributed by atoms with Gasteiger partial charge in [-0.3, -0.25) is 20.4 Å². The normalized spacial score (nSPS) is 9.38. The third kappa shape index (κ3) is 7.64. The van der Waals surface area contributed by atoms with Crippen LogP contribution in [0.4, 0.5) is 0 Å². The minimum atomic E-state index is -0.169. The molecule has 2 N–H and O–H groups in total. The molecule has 4 nitrogen and oxygen atoms in total. The van der Waals surface area contributed by atoms with Gasteiger partial charge in [0, 0.05) is 6.42 Å². The van der Waals surface area contributed by atoms with Gasteiger partial charge in [-0.05, 0) is 12.7 Å². The lowest BCUT2D eigenvalue weighted by molar-refractivity contribution is -0.127. The van der Waals surface area contributed by atoms with Crippen LogP contribution in [0, 0.1) is 0 Å². The van der Waals surface area contributed by atoms with Crippen molar-refractivity contribution in [3.8, 4) is 0 Å². The Kier molecular flexibility index (Phi) is 7.48. The first-order chi connectivity index (χ1) is 6.20. The van der Waals surface area contributed by atoms with Crippen LogP contribution in [0.1, 0.15) is 26.2 Å². The number of hydrogen-bond donors (Lipinski definition) is 2. The predicted molar refractivity (Wildman–Crippen MR) is 54.2 cm³/mol. The smallest absolute Gasteiger partial charge is 0.248 e. The summed E-state index contributed by atoms with van der Waals surface area (Å²) in [5.41, 5.74) is 4.68. The molecule has 0 bridgehead atoms. The van der Waals surface area contributed by atoms with Gasteiger partial charge in [0.1, 0.15) is 0 Å². The molecule has 0 spiro atoms. The molecule has 0 saturated heterocycles. The second-order valence-corrected chi connectivity index (χ2v) is 3.50. The zero-order valence-electron chi connectivity index (χ0n) is 8.05. The zero-order valence-corrected chi connectivity index (χ0v) is 8.87. The third-order valence-corrected chi connectivity index (χ3v) is 1.93. The zero-order chi connectivity index (χ0) is 10.1. The van der Waals surface area contributed by atoms with Gasteiger partial charge in [-0.1, -0.05) is 13.3 Å². The molecule has 0 heterocycles. The molecule has 0 aromatic rings. The SMILES string of the molecule is CCCCC(=O)NNC(=O)CSC. The lowest BCUT2D eigenvalue weighted by Crippen LogP contribution is -2.42. The fourth-order valence-electron chi connectivity index (χ4n) is 0.706. The van der Waals surface area contributed by atoms with Gasteiger partial charge < -0.3 is 0 Å². The van der Waals surface area contributed by atoms with Crippen molar-refractivity contribution in [1.29, 1.82) is 0 Å². The van der Waals surface area contributed by atoms with Crippen LogP contribution >= 0.6 is 11.8 Å². The maximum atomic E-state index is 11.0. The minimum absolute atomic E-state index is 0.128. The fraction of sp³-hybridized carbons (Fsp3) is 0.750. The molecule has 0 saturated carbocycles. The summed E-state index contributed by atoms with van der Waals surface area (Å²) in [7, 11) is 0. The van der Waals surface area contributed by atoms with E-state index in [1.165, 1.54) is 11.8 Å². The summed E-state index contributed by atoms with van der Waals surface area (Å²) in [6, 6.07) is 0. The molecule has 0 aliphatic carbocycles. The first-order valence-corrected chi connectivity index (χ1v) is 5.66. The number of nitrogens with one attached hydrogen (secondary N) is 2. The van der Waals surface area contributed by atoms with Crippen molar-refractivity contribution in [3.63, 3.8) is 0 Å². The van der Waals surface area contributed by atoms with Gasteiger partial charge >= 0.3 is 0 Å². The number of hydrazine groups is 1. The van der Waals surface area contributed by atoms with Gasteiger partial charge in [-0.25, -0.2) is 0 Å². The second kappa shape index (κ2) is 7.91. The van der Waals surface area contributed by atoms with Crippen LogP contribution in [0.15, 0.2) is 0 Å². The fourth-order valence-corrected chi connectivity index (χ4v) is 1.04. The molecular weight excluding hydrogens is 188 g/mol. The summed E-state index contributed by atoms with van der Waals surface area (Å²) in [5.74, 6) is 0.0716. The van der Waals surface area contributed by atoms with Crippen LogP contribution in [0.2, 0.25) is 0 Å². The second-order valence-electron chi connectivity index (χ2n) is 2.63. The number of unbranched alkanes of at least 4 members (excludes halogenated alkanes) is 1. The van der Waals surface area contributed by atoms with Crippen LogP contribution in [0.25, 0.3) is 0 Å². The van der Waals surface area contributed by atoms with Crippen molar-refractivity contribution in [3.05, 3.63) is 0 Å². The topological polar surface area (TPSA) is 58.2 Å². The Labute approximate surface area is 82.8 Å². The van der Waals surface area contributed by atoms with Crippen molar-refractivity contribution in [2.75, 3.05) is 12.0 Å². The summed E-state index contributed by atoms with van der Waals surface area (Å²) in [6.07, 6.45) is 4.13. The van der Waals surface area contributed by atoms with E-state index in [9.17, 15) is 9.59 Å². The van der Waals surface area contributed by atoms with E-state index >= 15 is 0 Å². The standard InChI is InChI=1S/C8H16N2O2S/c1-3-4-5-7(11)9-10-8(12)6-13-2/h3-6H2,1-2H3,(H,9,11)(H,10,12). The number of hydrogen-bond acceptors (Lipinski definition) is 3. The van der Waals surface area contributed by atoms with Crippen LogP contribution < -0.4 is 10.9 Å². The number of rotatable bonds is 5. The predicted octanol–water partition coefficient (Wildman–Crippen LogP) is 0.687. The Morgan fingerprint density at radius 3 is 2.38 bits per heavy atom. The van der Waals surface area contributed by atoms with E-state index in [4.69, 9.17) is 0 Å². The number of carbonyl (C=O) groups is 2. The van der Waals surface area contributed by atoms with E-state index in [0.29, 0.717) is 12.2 Å². The van der Waals surface area contributed by atoms with Crippen LogP contribution in [-0.2, 0) is 9.59 Å². The Morgan fingerprint density at radius 2 is 1.85 bits per heavy atom. The Hall–Kier alpha value is -0.710. The van der Waals surface area contributed by atoms with Crippen molar-refractivity contribution < 1.29 is 9.59 Å². The molecule has 2 amide bonds. The molecule has 0 aliphatic heterocycles. The molecule has 76 valence electrons. The summed E-state index contributed by atoms with van der Waals surface area (Å²) >= 11 is 1.42. The first-order valence-electron chi connectivity index (χ1n) is 4.27. The van der Waals surface area contributed by atoms with Crippen molar-refractivity contribution in [2.24, 2.45) is 0 Å². The lowest BCUT2D eigenvalue weighted by Gasteiger charge is -2.05. The van der Waals surface area contributed by atoms with Crippen molar-refractivity contribution >= 4 is 23.6 Å². The molecule has 5 heteroatoms. The van der Waals surface area contributed by atoms with Crippen molar-refractivity contribution in [2.45, 2.75) is 26.2 Å². The van der Waals surface area contributed by atoms with Gasteiger partial charge in [-0.15, -0.1) is 0 Å². The molecule has 0 rings (SSSR count). The molecule has 0 radical (unpaired) electrons. The van der Waals surface area contributed by atoms with E-state index in [1.807, 2.05) is 13.2 Å². The summed E-state index contributed by atoms with van der Waals surface area (Å²) in [5, 5.41) is 0. The van der Waals surface area contributed by atoms with E-state index in [-0.39, 0.29) is 11.8 Å². The lowest BCUT2D eigenvalue weighted by atomic mass is 10.2. The van der Waals surface area contributed by atoms with E-state index in [0.717, 1.165) is 12.8 Å². The summed E-state index contributed by atoms with van der Waals surface area (Å²) < 4.78 is 0. The van der Waals surface area contributed by atoms with Gasteiger partial charge in [0.25, 0.3) is 0 Å². The Morgan fingerprint density at radius 1 is 1.23 bits per heavy atom. The molecule has 13 heavy (non-hydrogen) atoms. The van der Waals surface area contributed by atoms with Gasteiger partial charge in [0.2, 0.25) is 11.8 Å². The molecular formula is C8H16N2O2S. The number of carbonyl (C=O) groups excluding carboxylic acids is 2. The van der Waals surface area contributed by atoms with E-state index in [1.54, 1.807) is 0 Å². The summed E-state index contributed by atoms with van der Waals surface area (Å²) in [4.78, 5) is 21.9. The highest BCUT2D eigenvalue weighted by Crippen LogP contribution is 1.92. The Balaban J connectivity index is 3.40. The highest BCUT2D eigenvalue weighted by molar-refractivity contribution is 7.99. The van der Waals surface area contributed by atoms with Gasteiger partial charge in [0.05, 0.1) is 5.75 Å². The quantitative estimate of drug-likeness (QED) is 0.648. The van der Waals surface area contributed by atoms with Crippen molar-refractivity contribution in [1.82, 2.24) is 10.9 Å². The molecule has 0 aromatic heterocycles. The molecule has 0 unspecified atom stereocenters. The Bertz CT molecular complexity index is 174. The minimum Gasteiger partial charge on any atom is -0.273 e. The average Bonchev–Trinajstić information content (AvgIpc) is 2.12. The highest BCUT2D eigenvalue weighted by atomic mass is 32.2. The average molecular weight is 204 g/mol. The van der Waals surface area contributed by atoms with Crippen LogP contribution in [-0.4, -0.2) is 23.8 Å². The molecule has 0 aliphatic rings. The first kappa shape index (κ1) is 12.3. The number of amides is 2. The largest absolute Gasteiger partial charge is 0.273 e. The van der Waals surface area contributed by atoms with Gasteiger partial charge in [-0.2, -0.15) is 11.8 Å². The van der Waals surface area contributed by atoms with E-state index < -0.39 is 0 Å². The maximum absolute atomic E-state index is 11.0. The molecule has 0 atom stereocenters. The molecule has 0 aromatic carbocycles. The van der Waals surface area contributed by atoms with E-state index in [2.05, 4.69) is 10.9 Å². The number of thioether (sulfide) groups is 1. The monoisotopic (exact) mass is 204 g/mol. The van der Waals surface area contributed by atoms with Crippen LogP contribution in [0.3, 0.4) is 0 Å². The maximum Gasteiger partial charge on any atom is 0.248 e. The third-order valence-electron chi connectivity index (χ3n) is 1.37. The van der Waals surface area contributed by atoms with Crippen LogP contribution in [0.5, 0.6) is 0 Å².